The molecule has 3 rings (SSSR count). The number of rotatable bonds is 11. The van der Waals surface area contributed by atoms with Crippen molar-refractivity contribution in [1.29, 1.82) is 0 Å². The minimum absolute atomic E-state index is 0.0146. The highest BCUT2D eigenvalue weighted by atomic mass is 32.2. The van der Waals surface area contributed by atoms with Crippen molar-refractivity contribution in [2.45, 2.75) is 38.1 Å². The molecule has 188 valence electrons. The third-order valence-corrected chi connectivity index (χ3v) is 7.13. The van der Waals surface area contributed by atoms with Crippen LogP contribution in [-0.2, 0) is 32.6 Å². The molecule has 0 spiro atoms. The summed E-state index contributed by atoms with van der Waals surface area (Å²) in [5.74, 6) is -0.795. The number of sulfonamides is 1. The molecular formula is C27H30N4O4S. The first kappa shape index (κ1) is 26.8. The van der Waals surface area contributed by atoms with Crippen molar-refractivity contribution in [2.75, 3.05) is 11.9 Å². The van der Waals surface area contributed by atoms with E-state index >= 15 is 0 Å². The summed E-state index contributed by atoms with van der Waals surface area (Å²) in [6.45, 7) is 2.80. The molecule has 0 aromatic heterocycles. The van der Waals surface area contributed by atoms with Gasteiger partial charge < -0.3 is 5.32 Å². The Labute approximate surface area is 212 Å². The Balaban J connectivity index is 1.72. The number of hydrazone groups is 1. The van der Waals surface area contributed by atoms with Gasteiger partial charge in [0.25, 0.3) is 5.91 Å². The zero-order chi connectivity index (χ0) is 26.0. The van der Waals surface area contributed by atoms with E-state index in [-0.39, 0.29) is 17.3 Å². The molecule has 2 amide bonds. The maximum Gasteiger partial charge on any atom is 0.255 e. The summed E-state index contributed by atoms with van der Waals surface area (Å²) >= 11 is 0. The summed E-state index contributed by atoms with van der Waals surface area (Å²) in [4.78, 5) is 24.0. The lowest BCUT2D eigenvalue weighted by Gasteiger charge is -2.22. The van der Waals surface area contributed by atoms with Gasteiger partial charge in [0, 0.05) is 24.9 Å². The fourth-order valence-electron chi connectivity index (χ4n) is 3.45. The summed E-state index contributed by atoms with van der Waals surface area (Å²) in [5.41, 5.74) is 5.61. The Hall–Kier alpha value is -3.82. The van der Waals surface area contributed by atoms with Crippen LogP contribution in [0.4, 0.5) is 5.69 Å². The predicted molar refractivity (Wildman–Crippen MR) is 141 cm³/mol. The van der Waals surface area contributed by atoms with E-state index in [1.165, 1.54) is 36.8 Å². The van der Waals surface area contributed by atoms with E-state index in [2.05, 4.69) is 15.8 Å². The third kappa shape index (κ3) is 8.14. The van der Waals surface area contributed by atoms with Crippen molar-refractivity contribution >= 4 is 33.2 Å². The molecule has 0 aliphatic rings. The van der Waals surface area contributed by atoms with Crippen LogP contribution in [0.15, 0.2) is 94.9 Å². The number of benzene rings is 3. The Morgan fingerprint density at radius 2 is 1.42 bits per heavy atom. The van der Waals surface area contributed by atoms with Crippen LogP contribution in [0.1, 0.15) is 31.4 Å². The minimum Gasteiger partial charge on any atom is -0.326 e. The normalized spacial score (nSPS) is 11.8. The van der Waals surface area contributed by atoms with E-state index < -0.39 is 22.5 Å². The molecule has 8 nitrogen and oxygen atoms in total. The molecule has 0 aliphatic heterocycles. The number of nitrogens with one attached hydrogen (secondary N) is 2. The van der Waals surface area contributed by atoms with Gasteiger partial charge in [-0.05, 0) is 55.2 Å². The van der Waals surface area contributed by atoms with Crippen molar-refractivity contribution in [3.8, 4) is 0 Å². The molecule has 0 atom stereocenters. The molecule has 2 N–H and O–H groups in total. The molecule has 0 aliphatic carbocycles. The third-order valence-electron chi connectivity index (χ3n) is 5.32. The van der Waals surface area contributed by atoms with Gasteiger partial charge in [0.2, 0.25) is 15.9 Å². The molecule has 0 saturated heterocycles. The molecule has 3 aromatic rings. The van der Waals surface area contributed by atoms with Crippen LogP contribution >= 0.6 is 0 Å². The van der Waals surface area contributed by atoms with Gasteiger partial charge in [-0.2, -0.15) is 9.41 Å². The average Bonchev–Trinajstić information content (AvgIpc) is 2.87. The quantitative estimate of drug-likeness (QED) is 0.303. The Morgan fingerprint density at radius 3 is 2.00 bits per heavy atom. The van der Waals surface area contributed by atoms with Crippen LogP contribution < -0.4 is 10.7 Å². The van der Waals surface area contributed by atoms with Crippen LogP contribution in [0.5, 0.6) is 0 Å². The van der Waals surface area contributed by atoms with Crippen LogP contribution in [0.3, 0.4) is 0 Å². The highest BCUT2D eigenvalue weighted by Crippen LogP contribution is 2.20. The maximum atomic E-state index is 13.4. The van der Waals surface area contributed by atoms with Crippen molar-refractivity contribution in [3.05, 3.63) is 96.1 Å². The van der Waals surface area contributed by atoms with Crippen LogP contribution in [0, 0.1) is 0 Å². The standard InChI is InChI=1S/C27H30N4O4S/c1-21(13-14-23-9-5-3-6-10-23)29-30-27(33)20-31(19-24-11-7-4-8-12-24)36(34,35)26-17-15-25(16-18-26)28-22(2)32/h3-12,15-18H,13-14,19-20H2,1-2H3,(H,28,32)(H,30,33)/b29-21-. The van der Waals surface area contributed by atoms with E-state index in [4.69, 9.17) is 0 Å². The van der Waals surface area contributed by atoms with Gasteiger partial charge in [-0.3, -0.25) is 9.59 Å². The second-order valence-electron chi connectivity index (χ2n) is 8.33. The number of hydrogen-bond acceptors (Lipinski definition) is 5. The van der Waals surface area contributed by atoms with E-state index in [0.29, 0.717) is 12.1 Å². The van der Waals surface area contributed by atoms with Gasteiger partial charge >= 0.3 is 0 Å². The first-order chi connectivity index (χ1) is 17.2. The van der Waals surface area contributed by atoms with Gasteiger partial charge in [0.15, 0.2) is 0 Å². The summed E-state index contributed by atoms with van der Waals surface area (Å²) in [5, 5.41) is 6.76. The van der Waals surface area contributed by atoms with Gasteiger partial charge in [-0.25, -0.2) is 13.8 Å². The molecule has 0 bridgehead atoms. The minimum atomic E-state index is -4.01. The molecule has 0 saturated carbocycles. The monoisotopic (exact) mass is 506 g/mol. The number of amides is 2. The molecule has 0 radical (unpaired) electrons. The lowest BCUT2D eigenvalue weighted by atomic mass is 10.1. The van der Waals surface area contributed by atoms with Crippen molar-refractivity contribution in [3.63, 3.8) is 0 Å². The second-order valence-corrected chi connectivity index (χ2v) is 10.3. The lowest BCUT2D eigenvalue weighted by molar-refractivity contribution is -0.121. The van der Waals surface area contributed by atoms with Crippen LogP contribution in [0.25, 0.3) is 0 Å². The summed E-state index contributed by atoms with van der Waals surface area (Å²) < 4.78 is 28.0. The number of anilines is 1. The molecule has 3 aromatic carbocycles. The highest BCUT2D eigenvalue weighted by molar-refractivity contribution is 7.89. The van der Waals surface area contributed by atoms with Gasteiger partial charge in [-0.15, -0.1) is 0 Å². The smallest absolute Gasteiger partial charge is 0.255 e. The predicted octanol–water partition coefficient (Wildman–Crippen LogP) is 3.96. The van der Waals surface area contributed by atoms with E-state index in [1.807, 2.05) is 55.5 Å². The fraction of sp³-hybridized carbons (Fsp3) is 0.222. The molecule has 36 heavy (non-hydrogen) atoms. The molecule has 0 unspecified atom stereocenters. The lowest BCUT2D eigenvalue weighted by Crippen LogP contribution is -2.39. The zero-order valence-corrected chi connectivity index (χ0v) is 21.2. The van der Waals surface area contributed by atoms with E-state index in [1.54, 1.807) is 12.1 Å². The summed E-state index contributed by atoms with van der Waals surface area (Å²) in [6.07, 6.45) is 1.45. The number of hydrogen-bond donors (Lipinski definition) is 2. The number of nitrogens with zero attached hydrogens (tertiary/aromatic N) is 2. The SMILES string of the molecule is CC(=O)Nc1ccc(S(=O)(=O)N(CC(=O)N/N=C(/C)CCc2ccccc2)Cc2ccccc2)cc1. The van der Waals surface area contributed by atoms with Gasteiger partial charge in [0.1, 0.15) is 0 Å². The maximum absolute atomic E-state index is 13.4. The molecule has 0 fully saturated rings. The number of carbonyl (C=O) groups excluding carboxylic acids is 2. The molecule has 0 heterocycles. The largest absolute Gasteiger partial charge is 0.326 e. The average molecular weight is 507 g/mol. The van der Waals surface area contributed by atoms with Gasteiger partial charge in [0.05, 0.1) is 11.4 Å². The van der Waals surface area contributed by atoms with Gasteiger partial charge in [-0.1, -0.05) is 60.7 Å². The van der Waals surface area contributed by atoms with Crippen molar-refractivity contribution < 1.29 is 18.0 Å². The number of aryl methyl sites for hydroxylation is 1. The second kappa shape index (κ2) is 12.8. The fourth-order valence-corrected chi connectivity index (χ4v) is 4.84. The van der Waals surface area contributed by atoms with Crippen LogP contribution in [0.2, 0.25) is 0 Å². The molecule has 9 heteroatoms. The highest BCUT2D eigenvalue weighted by Gasteiger charge is 2.27. The molecular weight excluding hydrogens is 476 g/mol. The Kier molecular flexibility index (Phi) is 9.49. The zero-order valence-electron chi connectivity index (χ0n) is 20.3. The van der Waals surface area contributed by atoms with E-state index in [9.17, 15) is 18.0 Å². The van der Waals surface area contributed by atoms with Crippen molar-refractivity contribution in [2.24, 2.45) is 5.10 Å². The Morgan fingerprint density at radius 1 is 0.833 bits per heavy atom. The Bertz CT molecular complexity index is 1290. The van der Waals surface area contributed by atoms with E-state index in [0.717, 1.165) is 22.0 Å². The van der Waals surface area contributed by atoms with Crippen LogP contribution in [-0.4, -0.2) is 36.8 Å². The first-order valence-electron chi connectivity index (χ1n) is 11.5. The van der Waals surface area contributed by atoms with Crippen molar-refractivity contribution in [1.82, 2.24) is 9.73 Å². The topological polar surface area (TPSA) is 108 Å². The summed E-state index contributed by atoms with van der Waals surface area (Å²) in [7, 11) is -4.01. The number of carbonyl (C=O) groups is 2. The summed E-state index contributed by atoms with van der Waals surface area (Å²) in [6, 6.07) is 24.8. The first-order valence-corrected chi connectivity index (χ1v) is 13.0.